The van der Waals surface area contributed by atoms with Gasteiger partial charge in [0.25, 0.3) is 0 Å². The second kappa shape index (κ2) is 9.19. The summed E-state index contributed by atoms with van der Waals surface area (Å²) in [5, 5.41) is 0. The maximum absolute atomic E-state index is 13.5. The van der Waals surface area contributed by atoms with Gasteiger partial charge in [0.1, 0.15) is 11.5 Å². The molecule has 1 aromatic heterocycles. The summed E-state index contributed by atoms with van der Waals surface area (Å²) in [4.78, 5) is 21.5. The minimum Gasteiger partial charge on any atom is -0.406 e. The maximum Gasteiger partial charge on any atom is 0.573 e. The molecule has 1 saturated heterocycles. The van der Waals surface area contributed by atoms with Gasteiger partial charge in [-0.1, -0.05) is 36.4 Å². The molecule has 4 rings (SSSR count). The van der Waals surface area contributed by atoms with Crippen LogP contribution in [0.4, 0.5) is 19.1 Å². The highest BCUT2D eigenvalue weighted by molar-refractivity contribution is 5.92. The van der Waals surface area contributed by atoms with Gasteiger partial charge in [-0.3, -0.25) is 4.79 Å². The summed E-state index contributed by atoms with van der Waals surface area (Å²) in [6.07, 6.45) is -0.317. The number of nitrogens with zero attached hydrogens (tertiary/aromatic N) is 2. The third-order valence-electron chi connectivity index (χ3n) is 5.84. The number of rotatable bonds is 6. The molecule has 2 N–H and O–H groups in total. The zero-order valence-corrected chi connectivity index (χ0v) is 17.6. The number of ketones is 1. The van der Waals surface area contributed by atoms with Crippen LogP contribution in [0.15, 0.2) is 60.9 Å². The lowest BCUT2D eigenvalue weighted by Gasteiger charge is -2.36. The number of carbonyl (C=O) groups excluding carboxylic acids is 1. The van der Waals surface area contributed by atoms with E-state index >= 15 is 0 Å². The Balaban J connectivity index is 1.55. The number of halogens is 3. The number of nitrogen functional groups attached to an aromatic ring is 1. The topological polar surface area (TPSA) is 87.3 Å². The van der Waals surface area contributed by atoms with E-state index < -0.39 is 11.8 Å². The first-order chi connectivity index (χ1) is 15.7. The number of anilines is 1. The van der Waals surface area contributed by atoms with E-state index in [4.69, 9.17) is 10.5 Å². The molecule has 2 aromatic carbocycles. The van der Waals surface area contributed by atoms with Crippen LogP contribution in [0, 0.1) is 0 Å². The van der Waals surface area contributed by atoms with Crippen molar-refractivity contribution >= 4 is 11.7 Å². The van der Waals surface area contributed by atoms with E-state index in [2.05, 4.69) is 14.7 Å². The molecule has 0 atom stereocenters. The molecule has 33 heavy (non-hydrogen) atoms. The van der Waals surface area contributed by atoms with Crippen molar-refractivity contribution in [3.05, 3.63) is 72.1 Å². The lowest BCUT2D eigenvalue weighted by atomic mass is 9.69. The third-order valence-corrected chi connectivity index (χ3v) is 5.84. The van der Waals surface area contributed by atoms with Crippen LogP contribution in [-0.4, -0.2) is 35.3 Å². The maximum atomic E-state index is 13.5. The average Bonchev–Trinajstić information content (AvgIpc) is 2.80. The first-order valence-electron chi connectivity index (χ1n) is 10.4. The summed E-state index contributed by atoms with van der Waals surface area (Å²) in [6, 6.07) is 13.1. The van der Waals surface area contributed by atoms with E-state index in [0.717, 1.165) is 16.7 Å². The highest BCUT2D eigenvalue weighted by Crippen LogP contribution is 2.38. The van der Waals surface area contributed by atoms with Crippen LogP contribution in [0.2, 0.25) is 0 Å². The minimum absolute atomic E-state index is 0.00106. The van der Waals surface area contributed by atoms with Crippen molar-refractivity contribution in [3.63, 3.8) is 0 Å². The number of hydrogen-bond acceptors (Lipinski definition) is 6. The van der Waals surface area contributed by atoms with Gasteiger partial charge >= 0.3 is 6.36 Å². The Morgan fingerprint density at radius 3 is 2.15 bits per heavy atom. The van der Waals surface area contributed by atoms with Crippen molar-refractivity contribution < 1.29 is 27.4 Å². The van der Waals surface area contributed by atoms with E-state index in [1.165, 1.54) is 24.3 Å². The fourth-order valence-corrected chi connectivity index (χ4v) is 4.08. The zero-order chi connectivity index (χ0) is 23.5. The molecule has 172 valence electrons. The monoisotopic (exact) mass is 457 g/mol. The van der Waals surface area contributed by atoms with Gasteiger partial charge in [0.05, 0.1) is 5.41 Å². The summed E-state index contributed by atoms with van der Waals surface area (Å²) in [7, 11) is 0. The van der Waals surface area contributed by atoms with E-state index in [-0.39, 0.29) is 23.9 Å². The minimum atomic E-state index is -4.76. The fourth-order valence-electron chi connectivity index (χ4n) is 4.08. The van der Waals surface area contributed by atoms with Crippen molar-refractivity contribution in [3.8, 4) is 16.9 Å². The van der Waals surface area contributed by atoms with Crippen molar-refractivity contribution in [2.75, 3.05) is 18.9 Å². The smallest absolute Gasteiger partial charge is 0.406 e. The van der Waals surface area contributed by atoms with Crippen LogP contribution in [-0.2, 0) is 21.4 Å². The van der Waals surface area contributed by atoms with Crippen molar-refractivity contribution in [1.82, 2.24) is 9.97 Å². The molecular formula is C24H22F3N3O3. The molecule has 0 radical (unpaired) electrons. The van der Waals surface area contributed by atoms with Gasteiger partial charge in [0, 0.05) is 37.6 Å². The predicted octanol–water partition coefficient (Wildman–Crippen LogP) is 4.48. The molecule has 1 aliphatic rings. The summed E-state index contributed by atoms with van der Waals surface area (Å²) in [5.41, 5.74) is 8.03. The molecule has 0 bridgehead atoms. The van der Waals surface area contributed by atoms with Gasteiger partial charge in [0.2, 0.25) is 5.95 Å². The summed E-state index contributed by atoms with van der Waals surface area (Å²) >= 11 is 0. The Labute approximate surface area is 188 Å². The lowest BCUT2D eigenvalue weighted by molar-refractivity contribution is -0.274. The van der Waals surface area contributed by atoms with Crippen LogP contribution >= 0.6 is 0 Å². The highest BCUT2D eigenvalue weighted by Gasteiger charge is 2.41. The molecule has 9 heteroatoms. The molecule has 0 unspecified atom stereocenters. The summed E-state index contributed by atoms with van der Waals surface area (Å²) in [6.45, 7) is 0.912. The number of Topliss-reactive ketones (excluding diaryl/α,β-unsaturated/α-hetero) is 1. The molecule has 0 aliphatic carbocycles. The molecule has 1 aliphatic heterocycles. The van der Waals surface area contributed by atoms with E-state index in [0.29, 0.717) is 31.6 Å². The van der Waals surface area contributed by atoms with Gasteiger partial charge in [0.15, 0.2) is 0 Å². The number of aromatic nitrogens is 2. The van der Waals surface area contributed by atoms with Crippen LogP contribution in [0.1, 0.15) is 24.0 Å². The number of carbonyl (C=O) groups is 1. The standard InChI is InChI=1S/C24H22F3N3O3/c25-24(26,27)33-20-7-1-16(2-8-20)13-21(31)23(9-11-32-12-10-23)19-5-3-17(4-6-19)18-14-29-22(28)30-15-18/h1-8,14-15H,9-13H2,(H2,28,29,30). The van der Waals surface area contributed by atoms with Crippen molar-refractivity contribution in [2.45, 2.75) is 31.0 Å². The largest absolute Gasteiger partial charge is 0.573 e. The number of alkyl halides is 3. The van der Waals surface area contributed by atoms with Crippen molar-refractivity contribution in [2.24, 2.45) is 0 Å². The molecule has 6 nitrogen and oxygen atoms in total. The van der Waals surface area contributed by atoms with Crippen molar-refractivity contribution in [1.29, 1.82) is 0 Å². The van der Waals surface area contributed by atoms with Crippen LogP contribution in [0.5, 0.6) is 5.75 Å². The summed E-state index contributed by atoms with van der Waals surface area (Å²) < 4.78 is 46.6. The molecule has 1 fully saturated rings. The van der Waals surface area contributed by atoms with E-state index in [9.17, 15) is 18.0 Å². The first-order valence-corrected chi connectivity index (χ1v) is 10.4. The Morgan fingerprint density at radius 1 is 0.970 bits per heavy atom. The summed E-state index contributed by atoms with van der Waals surface area (Å²) in [5.74, 6) is -0.124. The number of benzene rings is 2. The van der Waals surface area contributed by atoms with Gasteiger partial charge in [-0.05, 0) is 41.7 Å². The fraction of sp³-hybridized carbons (Fsp3) is 0.292. The number of ether oxygens (including phenoxy) is 2. The Bertz CT molecular complexity index is 1090. The lowest BCUT2D eigenvalue weighted by Crippen LogP contribution is -2.42. The quantitative estimate of drug-likeness (QED) is 0.587. The molecule has 0 amide bonds. The Hall–Kier alpha value is -3.46. The molecular weight excluding hydrogens is 435 g/mol. The predicted molar refractivity (Wildman–Crippen MR) is 115 cm³/mol. The second-order valence-electron chi connectivity index (χ2n) is 7.89. The Morgan fingerprint density at radius 2 is 1.58 bits per heavy atom. The first kappa shape index (κ1) is 22.7. The third kappa shape index (κ3) is 5.31. The van der Waals surface area contributed by atoms with E-state index in [1.54, 1.807) is 12.4 Å². The van der Waals surface area contributed by atoms with Crippen LogP contribution < -0.4 is 10.5 Å². The Kier molecular flexibility index (Phi) is 6.33. The molecule has 0 saturated carbocycles. The highest BCUT2D eigenvalue weighted by atomic mass is 19.4. The van der Waals surface area contributed by atoms with Gasteiger partial charge < -0.3 is 15.2 Å². The normalized spacial score (nSPS) is 15.7. The van der Waals surface area contributed by atoms with Crippen LogP contribution in [0.25, 0.3) is 11.1 Å². The number of hydrogen-bond donors (Lipinski definition) is 1. The molecule has 3 aromatic rings. The zero-order valence-electron chi connectivity index (χ0n) is 17.6. The SMILES string of the molecule is Nc1ncc(-c2ccc(C3(C(=O)Cc4ccc(OC(F)(F)F)cc4)CCOCC3)cc2)cn1. The van der Waals surface area contributed by atoms with Gasteiger partial charge in [-0.15, -0.1) is 13.2 Å². The second-order valence-corrected chi connectivity index (χ2v) is 7.89. The van der Waals surface area contributed by atoms with Gasteiger partial charge in [-0.25, -0.2) is 9.97 Å². The number of nitrogens with two attached hydrogens (primary N) is 1. The molecule has 0 spiro atoms. The average molecular weight is 457 g/mol. The van der Waals surface area contributed by atoms with Gasteiger partial charge in [-0.2, -0.15) is 0 Å². The van der Waals surface area contributed by atoms with E-state index in [1.807, 2.05) is 24.3 Å². The van der Waals surface area contributed by atoms with Crippen LogP contribution in [0.3, 0.4) is 0 Å². The molecule has 2 heterocycles.